The van der Waals surface area contributed by atoms with Crippen molar-refractivity contribution in [2.24, 2.45) is 0 Å². The van der Waals surface area contributed by atoms with Crippen molar-refractivity contribution in [3.63, 3.8) is 0 Å². The van der Waals surface area contributed by atoms with Gasteiger partial charge in [-0.25, -0.2) is 9.78 Å². The Morgan fingerprint density at radius 2 is 1.56 bits per heavy atom. The minimum atomic E-state index is -0.775. The summed E-state index contributed by atoms with van der Waals surface area (Å²) in [6.45, 7) is 1.74. The summed E-state index contributed by atoms with van der Waals surface area (Å²) in [5.74, 6) is -0.376. The minimum absolute atomic E-state index is 0.258. The first-order valence-corrected chi connectivity index (χ1v) is 13.8. The summed E-state index contributed by atoms with van der Waals surface area (Å²) < 4.78 is 11.7. The molecule has 206 valence electrons. The van der Waals surface area contributed by atoms with Crippen molar-refractivity contribution in [1.82, 2.24) is 4.98 Å². The second kappa shape index (κ2) is 10.6. The molecule has 1 aliphatic rings. The highest BCUT2D eigenvalue weighted by molar-refractivity contribution is 6.31. The number of aromatic nitrogens is 1. The van der Waals surface area contributed by atoms with E-state index >= 15 is 0 Å². The number of hydrogen-bond acceptors (Lipinski definition) is 5. The van der Waals surface area contributed by atoms with Crippen LogP contribution < -0.4 is 5.32 Å². The number of hydrogen-bond donors (Lipinski definition) is 2. The van der Waals surface area contributed by atoms with Crippen LogP contribution in [0.15, 0.2) is 89.3 Å². The predicted molar refractivity (Wildman–Crippen MR) is 158 cm³/mol. The summed E-state index contributed by atoms with van der Waals surface area (Å²) in [4.78, 5) is 28.9. The van der Waals surface area contributed by atoms with Gasteiger partial charge in [0.1, 0.15) is 16.9 Å². The number of pyridine rings is 1. The van der Waals surface area contributed by atoms with Gasteiger partial charge >= 0.3 is 12.1 Å². The Balaban J connectivity index is 1.27. The zero-order valence-electron chi connectivity index (χ0n) is 21.9. The number of carbonyl (C=O) groups is 2. The van der Waals surface area contributed by atoms with Crippen LogP contribution in [0.5, 0.6) is 0 Å². The summed E-state index contributed by atoms with van der Waals surface area (Å²) in [5.41, 5.74) is 4.05. The molecule has 0 radical (unpaired) electrons. The lowest BCUT2D eigenvalue weighted by atomic mass is 9.93. The number of furan rings is 1. The second-order valence-electron chi connectivity index (χ2n) is 10.0. The van der Waals surface area contributed by atoms with Crippen LogP contribution in [0.2, 0.25) is 10.2 Å². The molecule has 1 aliphatic carbocycles. The Bertz CT molecular complexity index is 1780. The molecule has 7 nitrogen and oxygen atoms in total. The Morgan fingerprint density at radius 1 is 0.927 bits per heavy atom. The number of carbonyl (C=O) groups excluding carboxylic acids is 1. The van der Waals surface area contributed by atoms with Crippen molar-refractivity contribution in [2.75, 3.05) is 5.32 Å². The summed E-state index contributed by atoms with van der Waals surface area (Å²) in [5, 5.41) is 13.7. The normalized spacial score (nSPS) is 14.4. The zero-order valence-corrected chi connectivity index (χ0v) is 23.4. The van der Waals surface area contributed by atoms with E-state index in [4.69, 9.17) is 32.4 Å². The van der Waals surface area contributed by atoms with Crippen LogP contribution in [0.1, 0.15) is 37.0 Å². The number of carboxylic acid groups (broad SMARTS) is 1. The van der Waals surface area contributed by atoms with Crippen LogP contribution in [-0.2, 0) is 14.9 Å². The van der Waals surface area contributed by atoms with Crippen LogP contribution in [0, 0.1) is 0 Å². The molecular weight excluding hydrogens is 563 g/mol. The van der Waals surface area contributed by atoms with Gasteiger partial charge in [-0.1, -0.05) is 89.9 Å². The lowest BCUT2D eigenvalue weighted by Gasteiger charge is -2.15. The Hall–Kier alpha value is -4.33. The highest BCUT2D eigenvalue weighted by Crippen LogP contribution is 2.48. The third-order valence-corrected chi connectivity index (χ3v) is 8.01. The fourth-order valence-corrected chi connectivity index (χ4v) is 5.42. The number of halogens is 2. The van der Waals surface area contributed by atoms with E-state index in [0.717, 1.165) is 16.7 Å². The van der Waals surface area contributed by atoms with Crippen LogP contribution in [0.3, 0.4) is 0 Å². The maximum atomic E-state index is 13.0. The number of anilines is 1. The van der Waals surface area contributed by atoms with E-state index in [-0.39, 0.29) is 10.9 Å². The molecule has 1 saturated carbocycles. The second-order valence-corrected chi connectivity index (χ2v) is 10.8. The van der Waals surface area contributed by atoms with Gasteiger partial charge in [-0.2, -0.15) is 0 Å². The quantitative estimate of drug-likeness (QED) is 0.185. The van der Waals surface area contributed by atoms with Crippen LogP contribution in [0.4, 0.5) is 10.5 Å². The number of carboxylic acids is 1. The summed E-state index contributed by atoms with van der Waals surface area (Å²) in [6.07, 6.45) is 0.0600. The number of fused-ring (bicyclic) bond motifs is 1. The molecule has 0 spiro atoms. The fourth-order valence-electron chi connectivity index (χ4n) is 4.99. The van der Waals surface area contributed by atoms with E-state index in [1.54, 1.807) is 31.2 Å². The fraction of sp³-hybridized carbons (Fsp3) is 0.156. The van der Waals surface area contributed by atoms with E-state index < -0.39 is 23.6 Å². The first-order chi connectivity index (χ1) is 19.7. The first kappa shape index (κ1) is 26.9. The van der Waals surface area contributed by atoms with Crippen LogP contribution >= 0.6 is 23.2 Å². The lowest BCUT2D eigenvalue weighted by molar-refractivity contribution is -0.140. The molecule has 1 amide bonds. The molecular formula is C32H24Cl2N2O5. The number of nitrogens with zero attached hydrogens (tertiary/aromatic N) is 1. The summed E-state index contributed by atoms with van der Waals surface area (Å²) in [6, 6.07) is 25.8. The van der Waals surface area contributed by atoms with Crippen molar-refractivity contribution < 1.29 is 23.8 Å². The van der Waals surface area contributed by atoms with Gasteiger partial charge in [-0.15, -0.1) is 0 Å². The molecule has 0 unspecified atom stereocenters. The van der Waals surface area contributed by atoms with Crippen molar-refractivity contribution in [3.8, 4) is 22.5 Å². The van der Waals surface area contributed by atoms with E-state index in [1.165, 1.54) is 0 Å². The van der Waals surface area contributed by atoms with E-state index in [0.29, 0.717) is 45.8 Å². The molecule has 0 aliphatic heterocycles. The average Bonchev–Trinajstić information content (AvgIpc) is 3.71. The Morgan fingerprint density at radius 3 is 2.20 bits per heavy atom. The molecule has 6 rings (SSSR count). The molecule has 1 atom stereocenters. The standard InChI is InChI=1S/C32H24Cl2N2O5/c1-18(23-4-2-3-5-25(23)33)40-31(39)36-27-24-14-15-26(34)35-29(24)41-28(27)21-8-6-19(7-9-21)20-10-12-22(13-11-20)32(16-17-32)30(37)38/h2-15,18H,16-17H2,1H3,(H,36,39)(H,37,38)/t18-/m1/s1. The highest BCUT2D eigenvalue weighted by Gasteiger charge is 2.51. The molecule has 0 bridgehead atoms. The SMILES string of the molecule is C[C@@H](OC(=O)Nc1c(-c2ccc(-c3ccc(C4(C(=O)O)CC4)cc3)cc2)oc2nc(Cl)ccc12)c1ccccc1Cl. The van der Waals surface area contributed by atoms with Crippen LogP contribution in [-0.4, -0.2) is 22.2 Å². The van der Waals surface area contributed by atoms with Gasteiger partial charge in [-0.05, 0) is 54.7 Å². The van der Waals surface area contributed by atoms with E-state index in [1.807, 2.05) is 60.7 Å². The third-order valence-electron chi connectivity index (χ3n) is 7.45. The highest BCUT2D eigenvalue weighted by atomic mass is 35.5. The van der Waals surface area contributed by atoms with Crippen molar-refractivity contribution >= 4 is 52.1 Å². The monoisotopic (exact) mass is 586 g/mol. The Kier molecular flexibility index (Phi) is 6.93. The number of amides is 1. The molecule has 1 fully saturated rings. The lowest BCUT2D eigenvalue weighted by Crippen LogP contribution is -2.19. The molecule has 9 heteroatoms. The topological polar surface area (TPSA) is 102 Å². The summed E-state index contributed by atoms with van der Waals surface area (Å²) in [7, 11) is 0. The van der Waals surface area contributed by atoms with Crippen molar-refractivity contribution in [3.05, 3.63) is 106 Å². The van der Waals surface area contributed by atoms with Crippen molar-refractivity contribution in [1.29, 1.82) is 0 Å². The molecule has 5 aromatic rings. The van der Waals surface area contributed by atoms with Gasteiger partial charge in [0.05, 0.1) is 10.8 Å². The molecule has 2 aromatic heterocycles. The number of benzene rings is 3. The van der Waals surface area contributed by atoms with E-state index in [2.05, 4.69) is 10.3 Å². The van der Waals surface area contributed by atoms with Gasteiger partial charge in [0.2, 0.25) is 5.71 Å². The van der Waals surface area contributed by atoms with Gasteiger partial charge in [0, 0.05) is 16.1 Å². The van der Waals surface area contributed by atoms with Gasteiger partial charge < -0.3 is 14.3 Å². The molecule has 2 N–H and O–H groups in total. The maximum Gasteiger partial charge on any atom is 0.412 e. The number of ether oxygens (including phenoxy) is 1. The minimum Gasteiger partial charge on any atom is -0.481 e. The van der Waals surface area contributed by atoms with E-state index in [9.17, 15) is 14.7 Å². The van der Waals surface area contributed by atoms with Gasteiger partial charge in [0.25, 0.3) is 0 Å². The third kappa shape index (κ3) is 5.14. The molecule has 3 aromatic carbocycles. The maximum absolute atomic E-state index is 13.0. The largest absolute Gasteiger partial charge is 0.481 e. The number of aliphatic carboxylic acids is 1. The zero-order chi connectivity index (χ0) is 28.7. The molecule has 2 heterocycles. The first-order valence-electron chi connectivity index (χ1n) is 13.0. The Labute approximate surface area is 245 Å². The van der Waals surface area contributed by atoms with Gasteiger partial charge in [0.15, 0.2) is 5.76 Å². The van der Waals surface area contributed by atoms with Gasteiger partial charge in [-0.3, -0.25) is 10.1 Å². The number of rotatable bonds is 7. The average molecular weight is 587 g/mol. The predicted octanol–water partition coefficient (Wildman–Crippen LogP) is 8.89. The molecule has 0 saturated heterocycles. The molecule has 41 heavy (non-hydrogen) atoms. The van der Waals surface area contributed by atoms with Crippen molar-refractivity contribution in [2.45, 2.75) is 31.3 Å². The summed E-state index contributed by atoms with van der Waals surface area (Å²) >= 11 is 12.4. The smallest absolute Gasteiger partial charge is 0.412 e. The van der Waals surface area contributed by atoms with Crippen LogP contribution in [0.25, 0.3) is 33.6 Å². The number of nitrogens with one attached hydrogen (secondary N) is 1.